The van der Waals surface area contributed by atoms with Crippen molar-refractivity contribution in [2.45, 2.75) is 0 Å². The molecule has 0 amide bonds. The lowest BCUT2D eigenvalue weighted by molar-refractivity contribution is 0.931. The third-order valence-electron chi connectivity index (χ3n) is 2.05. The van der Waals surface area contributed by atoms with Crippen molar-refractivity contribution >= 4 is 21.6 Å². The highest BCUT2D eigenvalue weighted by Gasteiger charge is 2.11. The second-order valence-corrected chi connectivity index (χ2v) is 4.04. The Hall–Kier alpha value is -1.95. The third-order valence-corrected chi connectivity index (χ3v) is 3.09. The number of aromatic nitrogens is 4. The molecule has 0 bridgehead atoms. The van der Waals surface area contributed by atoms with Crippen LogP contribution in [0.1, 0.15) is 0 Å². The number of hydrogen-bond acceptors (Lipinski definition) is 4. The minimum atomic E-state index is -0.242. The van der Waals surface area contributed by atoms with Gasteiger partial charge in [0.2, 0.25) is 0 Å². The molecular weight excluding hydrogens is 212 g/mol. The third kappa shape index (κ3) is 1.26. The average molecular weight is 218 g/mol. The average Bonchev–Trinajstić information content (AvgIpc) is 2.82. The minimum absolute atomic E-state index is 0.242. The van der Waals surface area contributed by atoms with Crippen LogP contribution in [0.4, 0.5) is 0 Å². The van der Waals surface area contributed by atoms with E-state index in [4.69, 9.17) is 0 Å². The molecule has 0 spiro atoms. The number of hydrogen-bond donors (Lipinski definition) is 2. The molecule has 0 saturated carbocycles. The fraction of sp³-hybridized carbons (Fsp3) is 0. The first-order chi connectivity index (χ1) is 7.34. The maximum absolute atomic E-state index is 11.3. The number of rotatable bonds is 1. The van der Waals surface area contributed by atoms with Crippen LogP contribution in [0, 0.1) is 0 Å². The standard InChI is InChI=1S/C9H6N4OS/c14-8-7(11-13-12-8)9-10-5-3-1-2-4-6(5)15-9/h1-4H,(H2,11,12,13,14). The maximum Gasteiger partial charge on any atom is 0.294 e. The summed E-state index contributed by atoms with van der Waals surface area (Å²) >= 11 is 1.46. The Kier molecular flexibility index (Phi) is 1.69. The van der Waals surface area contributed by atoms with Crippen LogP contribution in [0.5, 0.6) is 0 Å². The summed E-state index contributed by atoms with van der Waals surface area (Å²) < 4.78 is 1.05. The zero-order chi connectivity index (χ0) is 10.3. The first-order valence-electron chi connectivity index (χ1n) is 4.33. The highest BCUT2D eigenvalue weighted by molar-refractivity contribution is 7.21. The van der Waals surface area contributed by atoms with Crippen molar-refractivity contribution < 1.29 is 0 Å². The van der Waals surface area contributed by atoms with Crippen LogP contribution in [0.25, 0.3) is 20.9 Å². The zero-order valence-electron chi connectivity index (χ0n) is 7.52. The summed E-state index contributed by atoms with van der Waals surface area (Å²) in [6.45, 7) is 0. The van der Waals surface area contributed by atoms with E-state index in [1.54, 1.807) is 0 Å². The molecule has 0 unspecified atom stereocenters. The van der Waals surface area contributed by atoms with E-state index in [9.17, 15) is 4.79 Å². The van der Waals surface area contributed by atoms with E-state index in [0.29, 0.717) is 10.7 Å². The van der Waals surface area contributed by atoms with Crippen molar-refractivity contribution in [3.8, 4) is 10.7 Å². The van der Waals surface area contributed by atoms with Gasteiger partial charge in [-0.3, -0.25) is 4.79 Å². The summed E-state index contributed by atoms with van der Waals surface area (Å²) in [4.78, 5) is 15.6. The minimum Gasteiger partial charge on any atom is -0.265 e. The SMILES string of the molecule is O=c1[nH][nH]nc1-c1nc2ccccc2s1. The Balaban J connectivity index is 2.29. The van der Waals surface area contributed by atoms with Crippen LogP contribution < -0.4 is 5.56 Å². The molecule has 5 nitrogen and oxygen atoms in total. The molecule has 0 aliphatic heterocycles. The summed E-state index contributed by atoms with van der Waals surface area (Å²) in [5.74, 6) is 0. The normalized spacial score (nSPS) is 10.9. The summed E-state index contributed by atoms with van der Waals surface area (Å²) in [6, 6.07) is 7.74. The fourth-order valence-electron chi connectivity index (χ4n) is 1.36. The molecule has 0 fully saturated rings. The molecule has 6 heteroatoms. The highest BCUT2D eigenvalue weighted by atomic mass is 32.1. The van der Waals surface area contributed by atoms with Crippen molar-refractivity contribution in [3.05, 3.63) is 34.6 Å². The van der Waals surface area contributed by atoms with Gasteiger partial charge in [-0.2, -0.15) is 5.10 Å². The van der Waals surface area contributed by atoms with Crippen molar-refractivity contribution in [2.24, 2.45) is 0 Å². The van der Waals surface area contributed by atoms with Gasteiger partial charge < -0.3 is 0 Å². The number of thiazole rings is 1. The van der Waals surface area contributed by atoms with Gasteiger partial charge in [0.1, 0.15) is 0 Å². The van der Waals surface area contributed by atoms with Gasteiger partial charge in [0.25, 0.3) is 5.56 Å². The van der Waals surface area contributed by atoms with Crippen LogP contribution in [0.15, 0.2) is 29.1 Å². The number of benzene rings is 1. The number of fused-ring (bicyclic) bond motifs is 1. The molecule has 15 heavy (non-hydrogen) atoms. The summed E-state index contributed by atoms with van der Waals surface area (Å²) in [5.41, 5.74) is 0.991. The topological polar surface area (TPSA) is 74.4 Å². The fourth-order valence-corrected chi connectivity index (χ4v) is 2.32. The van der Waals surface area contributed by atoms with E-state index >= 15 is 0 Å². The molecule has 0 aliphatic carbocycles. The van der Waals surface area contributed by atoms with Crippen molar-refractivity contribution in [2.75, 3.05) is 0 Å². The number of H-pyrrole nitrogens is 2. The molecule has 3 aromatic rings. The molecule has 0 aliphatic rings. The second-order valence-electron chi connectivity index (χ2n) is 3.01. The van der Waals surface area contributed by atoms with Crippen molar-refractivity contribution in [3.63, 3.8) is 0 Å². The van der Waals surface area contributed by atoms with E-state index in [0.717, 1.165) is 10.2 Å². The van der Waals surface area contributed by atoms with Gasteiger partial charge >= 0.3 is 0 Å². The lowest BCUT2D eigenvalue weighted by Gasteiger charge is -1.81. The Morgan fingerprint density at radius 1 is 1.27 bits per heavy atom. The van der Waals surface area contributed by atoms with Gasteiger partial charge in [-0.05, 0) is 12.1 Å². The van der Waals surface area contributed by atoms with Gasteiger partial charge in [0, 0.05) is 0 Å². The lowest BCUT2D eigenvalue weighted by Crippen LogP contribution is -2.01. The van der Waals surface area contributed by atoms with Crippen LogP contribution in [-0.4, -0.2) is 20.4 Å². The zero-order valence-corrected chi connectivity index (χ0v) is 8.34. The predicted octanol–water partition coefficient (Wildman–Crippen LogP) is 1.37. The van der Waals surface area contributed by atoms with E-state index in [-0.39, 0.29) is 5.56 Å². The first kappa shape index (κ1) is 8.37. The summed E-state index contributed by atoms with van der Waals surface area (Å²) in [5, 5.41) is 9.28. The Labute approximate surface area is 87.8 Å². The molecule has 2 N–H and O–H groups in total. The van der Waals surface area contributed by atoms with Crippen LogP contribution in [0.2, 0.25) is 0 Å². The van der Waals surface area contributed by atoms with Gasteiger partial charge in [-0.15, -0.1) is 11.3 Å². The van der Waals surface area contributed by atoms with Gasteiger partial charge in [0.15, 0.2) is 10.7 Å². The first-order valence-corrected chi connectivity index (χ1v) is 5.15. The van der Waals surface area contributed by atoms with Gasteiger partial charge in [-0.25, -0.2) is 15.3 Å². The molecule has 2 heterocycles. The molecule has 0 saturated heterocycles. The highest BCUT2D eigenvalue weighted by Crippen LogP contribution is 2.26. The number of para-hydroxylation sites is 1. The number of nitrogens with zero attached hydrogens (tertiary/aromatic N) is 2. The van der Waals surface area contributed by atoms with Crippen LogP contribution in [0.3, 0.4) is 0 Å². The summed E-state index contributed by atoms with van der Waals surface area (Å²) in [7, 11) is 0. The maximum atomic E-state index is 11.3. The number of nitrogens with one attached hydrogen (secondary N) is 2. The predicted molar refractivity (Wildman–Crippen MR) is 57.8 cm³/mol. The molecule has 0 atom stereocenters. The monoisotopic (exact) mass is 218 g/mol. The molecular formula is C9H6N4OS. The smallest absolute Gasteiger partial charge is 0.265 e. The molecule has 74 valence electrons. The van der Waals surface area contributed by atoms with Crippen molar-refractivity contribution in [1.29, 1.82) is 0 Å². The molecule has 3 rings (SSSR count). The molecule has 2 aromatic heterocycles. The lowest BCUT2D eigenvalue weighted by atomic mass is 10.3. The Morgan fingerprint density at radius 3 is 2.87 bits per heavy atom. The summed E-state index contributed by atoms with van der Waals surface area (Å²) in [6.07, 6.45) is 0. The van der Waals surface area contributed by atoms with E-state index in [2.05, 4.69) is 20.4 Å². The Morgan fingerprint density at radius 2 is 2.13 bits per heavy atom. The number of aromatic amines is 2. The second kappa shape index (κ2) is 3.03. The largest absolute Gasteiger partial charge is 0.294 e. The van der Waals surface area contributed by atoms with E-state index < -0.39 is 0 Å². The van der Waals surface area contributed by atoms with Gasteiger partial charge in [0.05, 0.1) is 10.2 Å². The van der Waals surface area contributed by atoms with Crippen molar-refractivity contribution in [1.82, 2.24) is 20.4 Å². The molecule has 0 radical (unpaired) electrons. The van der Waals surface area contributed by atoms with Gasteiger partial charge in [-0.1, -0.05) is 12.1 Å². The van der Waals surface area contributed by atoms with E-state index in [1.165, 1.54) is 11.3 Å². The van der Waals surface area contributed by atoms with Crippen LogP contribution >= 0.6 is 11.3 Å². The van der Waals surface area contributed by atoms with Crippen LogP contribution in [-0.2, 0) is 0 Å². The molecule has 1 aromatic carbocycles. The Bertz CT molecular complexity index is 633. The quantitative estimate of drug-likeness (QED) is 0.647. The van der Waals surface area contributed by atoms with E-state index in [1.807, 2.05) is 24.3 Å².